The number of carbonyl (C=O) groups is 1. The molecule has 0 spiro atoms. The number of hydrogen-bond acceptors (Lipinski definition) is 3. The van der Waals surface area contributed by atoms with E-state index < -0.39 is 0 Å². The zero-order valence-corrected chi connectivity index (χ0v) is 9.49. The molecule has 1 aromatic rings. The van der Waals surface area contributed by atoms with Gasteiger partial charge in [-0.05, 0) is 25.5 Å². The zero-order valence-electron chi connectivity index (χ0n) is 7.92. The third kappa shape index (κ3) is 3.65. The van der Waals surface area contributed by atoms with Gasteiger partial charge in [0, 0.05) is 12.6 Å². The normalized spacial score (nSPS) is 12.5. The Hall–Kier alpha value is -0.580. The maximum atomic E-state index is 11.4. The Morgan fingerprint density at radius 2 is 2.43 bits per heavy atom. The van der Waals surface area contributed by atoms with E-state index in [1.54, 1.807) is 12.1 Å². The molecule has 78 valence electrons. The van der Waals surface area contributed by atoms with Gasteiger partial charge in [-0.1, -0.05) is 11.6 Å². The van der Waals surface area contributed by atoms with Gasteiger partial charge in [0.15, 0.2) is 0 Å². The highest BCUT2D eigenvalue weighted by molar-refractivity contribution is 7.17. The molecule has 14 heavy (non-hydrogen) atoms. The van der Waals surface area contributed by atoms with Gasteiger partial charge in [0.25, 0.3) is 5.91 Å². The second-order valence-electron chi connectivity index (χ2n) is 3.13. The van der Waals surface area contributed by atoms with E-state index in [-0.39, 0.29) is 11.9 Å². The van der Waals surface area contributed by atoms with Crippen molar-refractivity contribution in [3.8, 4) is 0 Å². The Morgan fingerprint density at radius 1 is 1.71 bits per heavy atom. The molecule has 0 bridgehead atoms. The summed E-state index contributed by atoms with van der Waals surface area (Å²) < 4.78 is 0.627. The molecule has 1 aromatic heterocycles. The number of amides is 1. The molecule has 0 saturated carbocycles. The first-order valence-electron chi connectivity index (χ1n) is 4.38. The van der Waals surface area contributed by atoms with E-state index >= 15 is 0 Å². The molecule has 1 rings (SSSR count). The summed E-state index contributed by atoms with van der Waals surface area (Å²) in [4.78, 5) is 12.1. The molecular weight excluding hydrogens is 220 g/mol. The number of rotatable bonds is 4. The third-order valence-corrected chi connectivity index (χ3v) is 2.91. The standard InChI is InChI=1S/C9H13ClN2OS/c1-6(11)4-5-12-9(13)7-2-3-8(10)14-7/h2-3,6H,4-5,11H2,1H3,(H,12,13). The number of hydrogen-bond donors (Lipinski definition) is 2. The lowest BCUT2D eigenvalue weighted by atomic mass is 10.2. The molecule has 0 aliphatic carbocycles. The highest BCUT2D eigenvalue weighted by Gasteiger charge is 2.07. The van der Waals surface area contributed by atoms with Crippen LogP contribution < -0.4 is 11.1 Å². The first-order chi connectivity index (χ1) is 6.59. The lowest BCUT2D eigenvalue weighted by Gasteiger charge is -2.05. The number of nitrogens with one attached hydrogen (secondary N) is 1. The molecular formula is C9H13ClN2OS. The molecule has 1 heterocycles. The van der Waals surface area contributed by atoms with E-state index in [0.717, 1.165) is 6.42 Å². The summed E-state index contributed by atoms with van der Waals surface area (Å²) in [6.07, 6.45) is 0.783. The summed E-state index contributed by atoms with van der Waals surface area (Å²) >= 11 is 6.98. The van der Waals surface area contributed by atoms with Crippen molar-refractivity contribution in [2.45, 2.75) is 19.4 Å². The molecule has 1 atom stereocenters. The van der Waals surface area contributed by atoms with Gasteiger partial charge in [-0.15, -0.1) is 11.3 Å². The molecule has 5 heteroatoms. The molecule has 0 aromatic carbocycles. The van der Waals surface area contributed by atoms with Gasteiger partial charge in [0.05, 0.1) is 9.21 Å². The Balaban J connectivity index is 2.36. The van der Waals surface area contributed by atoms with Gasteiger partial charge in [-0.2, -0.15) is 0 Å². The van der Waals surface area contributed by atoms with Crippen LogP contribution in [0.25, 0.3) is 0 Å². The molecule has 1 amide bonds. The average Bonchev–Trinajstić information content (AvgIpc) is 2.51. The predicted octanol–water partition coefficient (Wildman–Crippen LogP) is 1.87. The summed E-state index contributed by atoms with van der Waals surface area (Å²) in [6, 6.07) is 3.54. The Kier molecular flexibility index (Phi) is 4.38. The van der Waals surface area contributed by atoms with Crippen molar-refractivity contribution < 1.29 is 4.79 Å². The molecule has 3 nitrogen and oxygen atoms in total. The van der Waals surface area contributed by atoms with Crippen LogP contribution in [0.5, 0.6) is 0 Å². The Bertz CT molecular complexity index is 312. The quantitative estimate of drug-likeness (QED) is 0.833. The van der Waals surface area contributed by atoms with Crippen LogP contribution in [0.4, 0.5) is 0 Å². The fraction of sp³-hybridized carbons (Fsp3) is 0.444. The number of carbonyl (C=O) groups excluding carboxylic acids is 1. The van der Waals surface area contributed by atoms with E-state index in [1.165, 1.54) is 11.3 Å². The van der Waals surface area contributed by atoms with Crippen LogP contribution in [-0.4, -0.2) is 18.5 Å². The lowest BCUT2D eigenvalue weighted by molar-refractivity contribution is 0.0957. The average molecular weight is 233 g/mol. The summed E-state index contributed by atoms with van der Waals surface area (Å²) in [5.41, 5.74) is 5.55. The topological polar surface area (TPSA) is 55.1 Å². The predicted molar refractivity (Wildman–Crippen MR) is 59.9 cm³/mol. The summed E-state index contributed by atoms with van der Waals surface area (Å²) in [6.45, 7) is 2.51. The maximum absolute atomic E-state index is 11.4. The Morgan fingerprint density at radius 3 is 2.93 bits per heavy atom. The van der Waals surface area contributed by atoms with Crippen LogP contribution in [0, 0.1) is 0 Å². The van der Waals surface area contributed by atoms with Gasteiger partial charge in [-0.3, -0.25) is 4.79 Å². The van der Waals surface area contributed by atoms with E-state index in [0.29, 0.717) is 15.8 Å². The van der Waals surface area contributed by atoms with E-state index in [1.807, 2.05) is 6.92 Å². The molecule has 0 radical (unpaired) electrons. The van der Waals surface area contributed by atoms with Crippen molar-refractivity contribution in [3.05, 3.63) is 21.3 Å². The van der Waals surface area contributed by atoms with Gasteiger partial charge in [-0.25, -0.2) is 0 Å². The maximum Gasteiger partial charge on any atom is 0.261 e. The second-order valence-corrected chi connectivity index (χ2v) is 4.84. The minimum Gasteiger partial charge on any atom is -0.351 e. The van der Waals surface area contributed by atoms with Gasteiger partial charge in [0.1, 0.15) is 0 Å². The minimum absolute atomic E-state index is 0.0810. The first kappa shape index (κ1) is 11.5. The number of halogens is 1. The van der Waals surface area contributed by atoms with Crippen molar-refractivity contribution in [2.24, 2.45) is 5.73 Å². The smallest absolute Gasteiger partial charge is 0.261 e. The van der Waals surface area contributed by atoms with Gasteiger partial charge >= 0.3 is 0 Å². The molecule has 3 N–H and O–H groups in total. The highest BCUT2D eigenvalue weighted by atomic mass is 35.5. The number of nitrogens with two attached hydrogens (primary N) is 1. The monoisotopic (exact) mass is 232 g/mol. The fourth-order valence-electron chi connectivity index (χ4n) is 0.937. The summed E-state index contributed by atoms with van der Waals surface area (Å²) in [7, 11) is 0. The van der Waals surface area contributed by atoms with Gasteiger partial charge < -0.3 is 11.1 Å². The SMILES string of the molecule is CC(N)CCNC(=O)c1ccc(Cl)s1. The lowest BCUT2D eigenvalue weighted by Crippen LogP contribution is -2.28. The van der Waals surface area contributed by atoms with Crippen LogP contribution >= 0.6 is 22.9 Å². The molecule has 0 fully saturated rings. The van der Waals surface area contributed by atoms with Crippen LogP contribution in [0.1, 0.15) is 23.0 Å². The second kappa shape index (κ2) is 5.34. The third-order valence-electron chi connectivity index (χ3n) is 1.68. The van der Waals surface area contributed by atoms with Crippen molar-refractivity contribution in [3.63, 3.8) is 0 Å². The van der Waals surface area contributed by atoms with E-state index in [9.17, 15) is 4.79 Å². The van der Waals surface area contributed by atoms with E-state index in [4.69, 9.17) is 17.3 Å². The van der Waals surface area contributed by atoms with E-state index in [2.05, 4.69) is 5.32 Å². The molecule has 0 saturated heterocycles. The van der Waals surface area contributed by atoms with Crippen molar-refractivity contribution in [1.29, 1.82) is 0 Å². The van der Waals surface area contributed by atoms with Crippen molar-refractivity contribution in [1.82, 2.24) is 5.32 Å². The van der Waals surface area contributed by atoms with Crippen molar-refractivity contribution in [2.75, 3.05) is 6.54 Å². The largest absolute Gasteiger partial charge is 0.351 e. The molecule has 0 aliphatic heterocycles. The first-order valence-corrected chi connectivity index (χ1v) is 5.58. The zero-order chi connectivity index (χ0) is 10.6. The summed E-state index contributed by atoms with van der Waals surface area (Å²) in [5, 5.41) is 2.78. The Labute approximate surface area is 92.3 Å². The van der Waals surface area contributed by atoms with Crippen LogP contribution in [0.15, 0.2) is 12.1 Å². The van der Waals surface area contributed by atoms with Gasteiger partial charge in [0.2, 0.25) is 0 Å². The van der Waals surface area contributed by atoms with Crippen LogP contribution in [0.3, 0.4) is 0 Å². The van der Waals surface area contributed by atoms with Crippen molar-refractivity contribution >= 4 is 28.8 Å². The number of thiophene rings is 1. The van der Waals surface area contributed by atoms with Crippen LogP contribution in [0.2, 0.25) is 4.34 Å². The molecule has 0 aliphatic rings. The summed E-state index contributed by atoms with van der Waals surface area (Å²) in [5.74, 6) is -0.0810. The fourth-order valence-corrected chi connectivity index (χ4v) is 1.90. The van der Waals surface area contributed by atoms with Crippen LogP contribution in [-0.2, 0) is 0 Å². The molecule has 1 unspecified atom stereocenters. The highest BCUT2D eigenvalue weighted by Crippen LogP contribution is 2.20. The minimum atomic E-state index is -0.0810.